The average Bonchev–Trinajstić information content (AvgIpc) is 2.34. The molecule has 2 rings (SSSR count). The fourth-order valence-electron chi connectivity index (χ4n) is 2.05. The summed E-state index contributed by atoms with van der Waals surface area (Å²) in [5, 5.41) is 0. The summed E-state index contributed by atoms with van der Waals surface area (Å²) < 4.78 is 5.51. The largest absolute Gasteiger partial charge is 0.355 e. The van der Waals surface area contributed by atoms with Crippen LogP contribution in [0.4, 0.5) is 0 Å². The van der Waals surface area contributed by atoms with Gasteiger partial charge in [-0.3, -0.25) is 9.59 Å². The highest BCUT2D eigenvalue weighted by Crippen LogP contribution is 2.39. The van der Waals surface area contributed by atoms with Crippen molar-refractivity contribution in [1.82, 2.24) is 0 Å². The third-order valence-corrected chi connectivity index (χ3v) is 2.82. The molecular weight excluding hydrogens is 168 g/mol. The van der Waals surface area contributed by atoms with E-state index in [-0.39, 0.29) is 11.6 Å². The summed E-state index contributed by atoms with van der Waals surface area (Å²) in [7, 11) is 0. The van der Waals surface area contributed by atoms with Crippen LogP contribution >= 0.6 is 0 Å². The van der Waals surface area contributed by atoms with Gasteiger partial charge in [-0.2, -0.15) is 0 Å². The first-order chi connectivity index (χ1) is 6.03. The predicted molar refractivity (Wildman–Crippen MR) is 46.3 cm³/mol. The zero-order chi connectivity index (χ0) is 9.64. The van der Waals surface area contributed by atoms with E-state index in [1.165, 1.54) is 6.92 Å². The van der Waals surface area contributed by atoms with Crippen molar-refractivity contribution in [2.24, 2.45) is 0 Å². The summed E-state index contributed by atoms with van der Waals surface area (Å²) in [6.07, 6.45) is 2.37. The number of hydrogen-bond acceptors (Lipinski definition) is 3. The lowest BCUT2D eigenvalue weighted by atomic mass is 9.89. The van der Waals surface area contributed by atoms with Gasteiger partial charge in [0, 0.05) is 12.0 Å². The number of ketones is 2. The quantitative estimate of drug-likeness (QED) is 0.605. The van der Waals surface area contributed by atoms with Crippen LogP contribution in [0.15, 0.2) is 11.6 Å². The Morgan fingerprint density at radius 3 is 2.92 bits per heavy atom. The zero-order valence-corrected chi connectivity index (χ0v) is 7.79. The Bertz CT molecular complexity index is 316. The molecule has 0 saturated carbocycles. The molecule has 0 radical (unpaired) electrons. The van der Waals surface area contributed by atoms with Crippen LogP contribution in [0.25, 0.3) is 0 Å². The Hall–Kier alpha value is -0.960. The molecule has 0 aromatic carbocycles. The van der Waals surface area contributed by atoms with Crippen LogP contribution in [-0.4, -0.2) is 23.3 Å². The van der Waals surface area contributed by atoms with E-state index in [0.717, 1.165) is 0 Å². The number of carbonyl (C=O) groups excluding carboxylic acids is 2. The number of fused-ring (bicyclic) bond motifs is 2. The Morgan fingerprint density at radius 2 is 2.38 bits per heavy atom. The summed E-state index contributed by atoms with van der Waals surface area (Å²) >= 11 is 0. The fourth-order valence-corrected chi connectivity index (χ4v) is 2.05. The van der Waals surface area contributed by atoms with E-state index in [1.807, 2.05) is 6.92 Å². The molecule has 0 amide bonds. The lowest BCUT2D eigenvalue weighted by Crippen LogP contribution is -2.38. The standard InChI is InChI=1S/C10H12O3/c1-6(11)7-5-9-8(12)3-4-10(7,2)13-9/h5,9H,3-4H2,1-2H3. The minimum atomic E-state index is -0.496. The van der Waals surface area contributed by atoms with Crippen LogP contribution < -0.4 is 0 Å². The van der Waals surface area contributed by atoms with Crippen molar-refractivity contribution in [3.8, 4) is 0 Å². The Morgan fingerprint density at radius 1 is 1.69 bits per heavy atom. The minimum Gasteiger partial charge on any atom is -0.355 e. The average molecular weight is 180 g/mol. The molecule has 70 valence electrons. The summed E-state index contributed by atoms with van der Waals surface area (Å²) in [5.74, 6) is 0.105. The van der Waals surface area contributed by atoms with E-state index in [0.29, 0.717) is 18.4 Å². The number of ether oxygens (including phenoxy) is 1. The lowest BCUT2D eigenvalue weighted by molar-refractivity contribution is -0.142. The second-order valence-electron chi connectivity index (χ2n) is 3.87. The number of rotatable bonds is 1. The molecule has 0 spiro atoms. The first kappa shape index (κ1) is 8.63. The molecule has 3 nitrogen and oxygen atoms in total. The van der Waals surface area contributed by atoms with Gasteiger partial charge in [0.05, 0.1) is 5.60 Å². The SMILES string of the molecule is CC(=O)C1=CC2OC1(C)CCC2=O. The van der Waals surface area contributed by atoms with Crippen molar-refractivity contribution >= 4 is 11.6 Å². The van der Waals surface area contributed by atoms with Crippen LogP contribution in [-0.2, 0) is 14.3 Å². The molecule has 2 heterocycles. The van der Waals surface area contributed by atoms with Crippen molar-refractivity contribution in [2.45, 2.75) is 38.4 Å². The molecular formula is C10H12O3. The number of hydrogen-bond donors (Lipinski definition) is 0. The topological polar surface area (TPSA) is 43.4 Å². The van der Waals surface area contributed by atoms with E-state index in [9.17, 15) is 9.59 Å². The van der Waals surface area contributed by atoms with Gasteiger partial charge in [0.1, 0.15) is 6.10 Å². The molecule has 2 aliphatic heterocycles. The molecule has 0 aliphatic carbocycles. The van der Waals surface area contributed by atoms with Gasteiger partial charge in [-0.1, -0.05) is 0 Å². The molecule has 3 heteroatoms. The molecule has 2 atom stereocenters. The van der Waals surface area contributed by atoms with Crippen molar-refractivity contribution in [3.05, 3.63) is 11.6 Å². The zero-order valence-electron chi connectivity index (χ0n) is 7.79. The monoisotopic (exact) mass is 180 g/mol. The van der Waals surface area contributed by atoms with Gasteiger partial charge in [0.15, 0.2) is 11.6 Å². The Kier molecular flexibility index (Phi) is 1.67. The smallest absolute Gasteiger partial charge is 0.165 e. The second-order valence-corrected chi connectivity index (χ2v) is 3.87. The van der Waals surface area contributed by atoms with Crippen LogP contribution in [0.2, 0.25) is 0 Å². The maximum absolute atomic E-state index is 11.3. The van der Waals surface area contributed by atoms with E-state index in [4.69, 9.17) is 4.74 Å². The summed E-state index contributed by atoms with van der Waals surface area (Å²) in [6.45, 7) is 3.40. The van der Waals surface area contributed by atoms with Crippen LogP contribution in [0.1, 0.15) is 26.7 Å². The molecule has 2 bridgehead atoms. The van der Waals surface area contributed by atoms with Gasteiger partial charge in [-0.15, -0.1) is 0 Å². The molecule has 0 aromatic rings. The molecule has 2 unspecified atom stereocenters. The van der Waals surface area contributed by atoms with Crippen molar-refractivity contribution in [2.75, 3.05) is 0 Å². The summed E-state index contributed by atoms with van der Waals surface area (Å²) in [5.41, 5.74) is 0.174. The molecule has 1 fully saturated rings. The molecule has 1 saturated heterocycles. The second kappa shape index (κ2) is 2.51. The van der Waals surface area contributed by atoms with Gasteiger partial charge in [-0.05, 0) is 26.3 Å². The predicted octanol–water partition coefficient (Wildman–Crippen LogP) is 1.02. The van der Waals surface area contributed by atoms with Crippen LogP contribution in [0.3, 0.4) is 0 Å². The first-order valence-corrected chi connectivity index (χ1v) is 4.47. The summed E-state index contributed by atoms with van der Waals surface area (Å²) in [4.78, 5) is 22.5. The third kappa shape index (κ3) is 1.15. The first-order valence-electron chi connectivity index (χ1n) is 4.47. The Labute approximate surface area is 76.8 Å². The highest BCUT2D eigenvalue weighted by atomic mass is 16.5. The molecule has 0 aromatic heterocycles. The summed E-state index contributed by atoms with van der Waals surface area (Å²) in [6, 6.07) is 0. The third-order valence-electron chi connectivity index (χ3n) is 2.82. The van der Waals surface area contributed by atoms with E-state index in [1.54, 1.807) is 6.08 Å². The molecule has 13 heavy (non-hydrogen) atoms. The van der Waals surface area contributed by atoms with Crippen LogP contribution in [0.5, 0.6) is 0 Å². The van der Waals surface area contributed by atoms with Crippen molar-refractivity contribution < 1.29 is 14.3 Å². The van der Waals surface area contributed by atoms with Crippen molar-refractivity contribution in [3.63, 3.8) is 0 Å². The maximum atomic E-state index is 11.3. The Balaban J connectivity index is 2.39. The lowest BCUT2D eigenvalue weighted by Gasteiger charge is -2.31. The van der Waals surface area contributed by atoms with Gasteiger partial charge < -0.3 is 4.74 Å². The highest BCUT2D eigenvalue weighted by Gasteiger charge is 2.46. The normalized spacial score (nSPS) is 37.5. The van der Waals surface area contributed by atoms with Gasteiger partial charge in [-0.25, -0.2) is 0 Å². The maximum Gasteiger partial charge on any atom is 0.165 e. The fraction of sp³-hybridized carbons (Fsp3) is 0.600. The van der Waals surface area contributed by atoms with Gasteiger partial charge in [0.25, 0.3) is 0 Å². The van der Waals surface area contributed by atoms with Crippen LogP contribution in [0, 0.1) is 0 Å². The van der Waals surface area contributed by atoms with Crippen molar-refractivity contribution in [1.29, 1.82) is 0 Å². The highest BCUT2D eigenvalue weighted by molar-refractivity contribution is 5.99. The number of Topliss-reactive ketones (excluding diaryl/α,β-unsaturated/α-hetero) is 2. The van der Waals surface area contributed by atoms with Gasteiger partial charge in [0.2, 0.25) is 0 Å². The van der Waals surface area contributed by atoms with E-state index in [2.05, 4.69) is 0 Å². The van der Waals surface area contributed by atoms with E-state index >= 15 is 0 Å². The van der Waals surface area contributed by atoms with E-state index < -0.39 is 11.7 Å². The minimum absolute atomic E-state index is 0.0136. The molecule has 2 aliphatic rings. The number of carbonyl (C=O) groups is 2. The van der Waals surface area contributed by atoms with Gasteiger partial charge >= 0.3 is 0 Å². The molecule has 0 N–H and O–H groups in total.